The Hall–Kier alpha value is -2.03. The van der Waals surface area contributed by atoms with E-state index < -0.39 is 0 Å². The highest BCUT2D eigenvalue weighted by atomic mass is 16.3. The van der Waals surface area contributed by atoms with Gasteiger partial charge in [-0.3, -0.25) is 0 Å². The number of pyridine rings is 1. The number of aromatic nitrogens is 1. The highest BCUT2D eigenvalue weighted by Crippen LogP contribution is 2.22. The first kappa shape index (κ1) is 13.4. The first-order valence-electron chi connectivity index (χ1n) is 6.43. The highest BCUT2D eigenvalue weighted by molar-refractivity contribution is 5.64. The molecule has 0 bridgehead atoms. The standard InChI is InChI=1S/C16H20N2O/c1-16(2,3)11-18-15-9-6-13(10-17-15)12-4-7-14(19)8-5-12/h4-10,19H,11H2,1-3H3,(H,17,18). The Balaban J connectivity index is 2.08. The van der Waals surface area contributed by atoms with Crippen molar-refractivity contribution in [2.75, 3.05) is 11.9 Å². The van der Waals surface area contributed by atoms with Gasteiger partial charge in [0, 0.05) is 18.3 Å². The van der Waals surface area contributed by atoms with Crippen LogP contribution in [-0.2, 0) is 0 Å². The van der Waals surface area contributed by atoms with Crippen molar-refractivity contribution < 1.29 is 5.11 Å². The second-order valence-electron chi connectivity index (χ2n) is 5.89. The third-order valence-corrected chi connectivity index (χ3v) is 2.76. The predicted octanol–water partition coefficient (Wildman–Crippen LogP) is 3.91. The third-order valence-electron chi connectivity index (χ3n) is 2.76. The van der Waals surface area contributed by atoms with Crippen molar-refractivity contribution in [3.05, 3.63) is 42.6 Å². The molecule has 0 saturated heterocycles. The topological polar surface area (TPSA) is 45.1 Å². The number of phenolic OH excluding ortho intramolecular Hbond substituents is 1. The minimum Gasteiger partial charge on any atom is -0.508 e. The number of benzene rings is 1. The van der Waals surface area contributed by atoms with Crippen LogP contribution < -0.4 is 5.32 Å². The van der Waals surface area contributed by atoms with Crippen LogP contribution in [0.1, 0.15) is 20.8 Å². The van der Waals surface area contributed by atoms with E-state index in [1.54, 1.807) is 12.1 Å². The molecule has 2 N–H and O–H groups in total. The van der Waals surface area contributed by atoms with E-state index >= 15 is 0 Å². The van der Waals surface area contributed by atoms with Crippen LogP contribution in [0.25, 0.3) is 11.1 Å². The number of hydrogen-bond acceptors (Lipinski definition) is 3. The first-order valence-corrected chi connectivity index (χ1v) is 6.43. The molecule has 0 aliphatic carbocycles. The maximum atomic E-state index is 9.27. The van der Waals surface area contributed by atoms with Gasteiger partial charge >= 0.3 is 0 Å². The molecule has 0 fully saturated rings. The van der Waals surface area contributed by atoms with Gasteiger partial charge in [-0.1, -0.05) is 32.9 Å². The van der Waals surface area contributed by atoms with E-state index in [0.29, 0.717) is 0 Å². The maximum Gasteiger partial charge on any atom is 0.125 e. The van der Waals surface area contributed by atoms with Crippen LogP contribution in [0.5, 0.6) is 5.75 Å². The summed E-state index contributed by atoms with van der Waals surface area (Å²) in [5.74, 6) is 1.16. The summed E-state index contributed by atoms with van der Waals surface area (Å²) in [6, 6.07) is 11.1. The zero-order chi connectivity index (χ0) is 13.9. The van der Waals surface area contributed by atoms with Crippen LogP contribution in [0.3, 0.4) is 0 Å². The van der Waals surface area contributed by atoms with Crippen molar-refractivity contribution in [3.63, 3.8) is 0 Å². The van der Waals surface area contributed by atoms with Crippen LogP contribution in [0, 0.1) is 5.41 Å². The first-order chi connectivity index (χ1) is 8.94. The van der Waals surface area contributed by atoms with Gasteiger partial charge < -0.3 is 10.4 Å². The molecule has 0 spiro atoms. The number of rotatable bonds is 3. The van der Waals surface area contributed by atoms with Gasteiger partial charge in [0.15, 0.2) is 0 Å². The summed E-state index contributed by atoms with van der Waals surface area (Å²) in [6.07, 6.45) is 1.84. The monoisotopic (exact) mass is 256 g/mol. The summed E-state index contributed by atoms with van der Waals surface area (Å²) < 4.78 is 0. The van der Waals surface area contributed by atoms with E-state index in [1.165, 1.54) is 0 Å². The summed E-state index contributed by atoms with van der Waals surface area (Å²) in [7, 11) is 0. The van der Waals surface area contributed by atoms with E-state index in [9.17, 15) is 5.11 Å². The highest BCUT2D eigenvalue weighted by Gasteiger charge is 2.09. The van der Waals surface area contributed by atoms with Crippen LogP contribution in [-0.4, -0.2) is 16.6 Å². The Morgan fingerprint density at radius 3 is 2.16 bits per heavy atom. The summed E-state index contributed by atoms with van der Waals surface area (Å²) >= 11 is 0. The molecule has 2 aromatic rings. The van der Waals surface area contributed by atoms with Gasteiger partial charge in [0.25, 0.3) is 0 Å². The Kier molecular flexibility index (Phi) is 3.74. The van der Waals surface area contributed by atoms with Gasteiger partial charge in [-0.15, -0.1) is 0 Å². The molecule has 1 aromatic carbocycles. The molecule has 0 aliphatic rings. The van der Waals surface area contributed by atoms with Crippen LogP contribution in [0.15, 0.2) is 42.6 Å². The van der Waals surface area contributed by atoms with Crippen molar-refractivity contribution in [2.24, 2.45) is 5.41 Å². The van der Waals surface area contributed by atoms with Crippen LogP contribution in [0.4, 0.5) is 5.82 Å². The fraction of sp³-hybridized carbons (Fsp3) is 0.312. The van der Waals surface area contributed by atoms with E-state index in [-0.39, 0.29) is 11.2 Å². The number of nitrogens with one attached hydrogen (secondary N) is 1. The molecule has 1 aromatic heterocycles. The normalized spacial score (nSPS) is 11.3. The van der Waals surface area contributed by atoms with Crippen LogP contribution >= 0.6 is 0 Å². The van der Waals surface area contributed by atoms with E-state index in [4.69, 9.17) is 0 Å². The molecule has 3 nitrogen and oxygen atoms in total. The molecule has 19 heavy (non-hydrogen) atoms. The van der Waals surface area contributed by atoms with Crippen molar-refractivity contribution >= 4 is 5.82 Å². The Morgan fingerprint density at radius 2 is 1.63 bits per heavy atom. The average molecular weight is 256 g/mol. The number of phenols is 1. The van der Waals surface area contributed by atoms with E-state index in [1.807, 2.05) is 30.5 Å². The van der Waals surface area contributed by atoms with Gasteiger partial charge in [-0.2, -0.15) is 0 Å². The second-order valence-corrected chi connectivity index (χ2v) is 5.89. The van der Waals surface area contributed by atoms with Gasteiger partial charge in [0.1, 0.15) is 11.6 Å². The minimum absolute atomic E-state index is 0.233. The molecule has 0 saturated carbocycles. The molecule has 0 atom stereocenters. The fourth-order valence-electron chi connectivity index (χ4n) is 1.68. The lowest BCUT2D eigenvalue weighted by Crippen LogP contribution is -2.19. The lowest BCUT2D eigenvalue weighted by atomic mass is 9.97. The molecule has 0 aliphatic heterocycles. The Bertz CT molecular complexity index is 524. The van der Waals surface area contributed by atoms with Gasteiger partial charge in [-0.25, -0.2) is 4.98 Å². The van der Waals surface area contributed by atoms with Gasteiger partial charge in [0.05, 0.1) is 0 Å². The SMILES string of the molecule is CC(C)(C)CNc1ccc(-c2ccc(O)cc2)cn1. The summed E-state index contributed by atoms with van der Waals surface area (Å²) in [5.41, 5.74) is 2.33. The molecule has 0 amide bonds. The quantitative estimate of drug-likeness (QED) is 0.875. The van der Waals surface area contributed by atoms with E-state index in [0.717, 1.165) is 23.5 Å². The number of aromatic hydroxyl groups is 1. The fourth-order valence-corrected chi connectivity index (χ4v) is 1.68. The predicted molar refractivity (Wildman–Crippen MR) is 79.3 cm³/mol. The Morgan fingerprint density at radius 1 is 1.00 bits per heavy atom. The van der Waals surface area contributed by atoms with Crippen molar-refractivity contribution in [1.82, 2.24) is 4.98 Å². The lowest BCUT2D eigenvalue weighted by molar-refractivity contribution is 0.442. The van der Waals surface area contributed by atoms with Crippen LogP contribution in [0.2, 0.25) is 0 Å². The largest absolute Gasteiger partial charge is 0.508 e. The maximum absolute atomic E-state index is 9.27. The molecule has 2 rings (SSSR count). The average Bonchev–Trinajstić information content (AvgIpc) is 2.37. The molecule has 0 radical (unpaired) electrons. The molecular weight excluding hydrogens is 236 g/mol. The summed E-state index contributed by atoms with van der Waals surface area (Å²) in [6.45, 7) is 7.44. The Labute approximate surface area is 114 Å². The number of nitrogens with zero attached hydrogens (tertiary/aromatic N) is 1. The number of anilines is 1. The summed E-state index contributed by atoms with van der Waals surface area (Å²) in [4.78, 5) is 4.41. The lowest BCUT2D eigenvalue weighted by Gasteiger charge is -2.19. The summed E-state index contributed by atoms with van der Waals surface area (Å²) in [5, 5.41) is 12.6. The molecular formula is C16H20N2O. The van der Waals surface area contributed by atoms with Crippen molar-refractivity contribution in [1.29, 1.82) is 0 Å². The molecule has 100 valence electrons. The molecule has 1 heterocycles. The second kappa shape index (κ2) is 5.31. The smallest absolute Gasteiger partial charge is 0.125 e. The molecule has 0 unspecified atom stereocenters. The van der Waals surface area contributed by atoms with E-state index in [2.05, 4.69) is 31.1 Å². The van der Waals surface area contributed by atoms with Crippen molar-refractivity contribution in [2.45, 2.75) is 20.8 Å². The zero-order valence-electron chi connectivity index (χ0n) is 11.6. The third kappa shape index (κ3) is 3.98. The minimum atomic E-state index is 0.233. The number of hydrogen-bond donors (Lipinski definition) is 2. The molecule has 3 heteroatoms. The zero-order valence-corrected chi connectivity index (χ0v) is 11.6. The van der Waals surface area contributed by atoms with Gasteiger partial charge in [0.2, 0.25) is 0 Å². The van der Waals surface area contributed by atoms with Crippen molar-refractivity contribution in [3.8, 4) is 16.9 Å². The van der Waals surface area contributed by atoms with Gasteiger partial charge in [-0.05, 0) is 35.2 Å².